The Balaban J connectivity index is 2.94. The highest BCUT2D eigenvalue weighted by Gasteiger charge is 2.32. The second-order valence-electron chi connectivity index (χ2n) is 9.97. The van der Waals surface area contributed by atoms with Crippen molar-refractivity contribution in [2.45, 2.75) is 64.7 Å². The van der Waals surface area contributed by atoms with E-state index in [1.807, 2.05) is 41.5 Å². The van der Waals surface area contributed by atoms with Crippen LogP contribution in [0, 0.1) is 0 Å². The number of rotatable bonds is 5. The van der Waals surface area contributed by atoms with Crippen molar-refractivity contribution < 1.29 is 24.5 Å². The van der Waals surface area contributed by atoms with Gasteiger partial charge in [0.25, 0.3) is 5.56 Å². The van der Waals surface area contributed by atoms with E-state index in [1.165, 1.54) is 0 Å². The minimum Gasteiger partial charge on any atom is -0.507 e. The highest BCUT2D eigenvalue weighted by atomic mass is 16.5. The molecule has 1 aromatic heterocycles. The number of carbonyl (C=O) groups excluding carboxylic acids is 2. The fraction of sp³-hybridized carbons (Fsp3) is 0.458. The zero-order valence-corrected chi connectivity index (χ0v) is 19.6. The molecular weight excluding hydrogens is 412 g/mol. The maximum atomic E-state index is 12.8. The van der Waals surface area contributed by atoms with Crippen molar-refractivity contribution in [3.63, 3.8) is 0 Å². The van der Waals surface area contributed by atoms with Gasteiger partial charge in [-0.2, -0.15) is 0 Å². The van der Waals surface area contributed by atoms with E-state index in [-0.39, 0.29) is 23.3 Å². The molecule has 2 aromatic rings. The predicted octanol–water partition coefficient (Wildman–Crippen LogP) is 3.18. The highest BCUT2D eigenvalue weighted by Crippen LogP contribution is 2.43. The number of phenols is 1. The molecule has 0 bridgehead atoms. The van der Waals surface area contributed by atoms with E-state index in [0.717, 1.165) is 13.3 Å². The van der Waals surface area contributed by atoms with Crippen LogP contribution in [-0.4, -0.2) is 34.2 Å². The number of carbonyl (C=O) groups is 2. The number of aromatic nitrogens is 1. The monoisotopic (exact) mass is 444 g/mol. The van der Waals surface area contributed by atoms with Crippen molar-refractivity contribution >= 4 is 11.9 Å². The summed E-state index contributed by atoms with van der Waals surface area (Å²) < 4.78 is 4.68. The lowest BCUT2D eigenvalue weighted by atomic mass is 9.75. The van der Waals surface area contributed by atoms with Crippen LogP contribution in [0.2, 0.25) is 0 Å². The summed E-state index contributed by atoms with van der Waals surface area (Å²) >= 11 is 0. The van der Waals surface area contributed by atoms with Crippen LogP contribution in [0.15, 0.2) is 23.1 Å². The minimum absolute atomic E-state index is 0.132. The molecule has 8 heteroatoms. The van der Waals surface area contributed by atoms with E-state index in [2.05, 4.69) is 9.72 Å². The Kier molecular flexibility index (Phi) is 6.78. The number of aromatic amines is 1. The standard InChI is InChI=1S/C24H32N2O6/c1-23(2,3)15-8-12(9-16(20(15)29)24(4,5)6)13(10-17(25)27)18-19(28)14(22(31)32-7)11-26-21(18)30/h8-9,11,13,29H,10H2,1-7H3,(H2,25,27)(H2,26,28,30)/t13-/m1/s1. The molecular formula is C24H32N2O6. The summed E-state index contributed by atoms with van der Waals surface area (Å²) in [5.74, 6) is -2.93. The summed E-state index contributed by atoms with van der Waals surface area (Å²) in [5, 5.41) is 21.8. The molecule has 1 heterocycles. The van der Waals surface area contributed by atoms with Crippen molar-refractivity contribution in [1.82, 2.24) is 4.98 Å². The van der Waals surface area contributed by atoms with Crippen LogP contribution in [-0.2, 0) is 20.4 Å². The second-order valence-corrected chi connectivity index (χ2v) is 9.97. The SMILES string of the molecule is COC(=O)c1c[nH]c(=O)c([C@H](CC(N)=O)c2cc(C(C)(C)C)c(O)c(C(C)(C)C)c2)c1O. The van der Waals surface area contributed by atoms with Gasteiger partial charge in [0.2, 0.25) is 5.91 Å². The molecule has 1 atom stereocenters. The van der Waals surface area contributed by atoms with Gasteiger partial charge in [-0.25, -0.2) is 4.79 Å². The number of nitrogens with two attached hydrogens (primary N) is 1. The molecule has 0 saturated heterocycles. The van der Waals surface area contributed by atoms with Crippen LogP contribution in [0.1, 0.15) is 86.5 Å². The topological polar surface area (TPSA) is 143 Å². The molecule has 8 nitrogen and oxygen atoms in total. The fourth-order valence-electron chi connectivity index (χ4n) is 3.71. The van der Waals surface area contributed by atoms with E-state index in [1.54, 1.807) is 12.1 Å². The number of ether oxygens (including phenoxy) is 1. The molecule has 1 aromatic carbocycles. The molecule has 0 spiro atoms. The molecule has 1 amide bonds. The van der Waals surface area contributed by atoms with Crippen LogP contribution in [0.4, 0.5) is 0 Å². The van der Waals surface area contributed by atoms with E-state index in [0.29, 0.717) is 16.7 Å². The van der Waals surface area contributed by atoms with Crippen molar-refractivity contribution in [3.05, 3.63) is 56.5 Å². The van der Waals surface area contributed by atoms with Gasteiger partial charge in [0.1, 0.15) is 17.1 Å². The number of esters is 1. The van der Waals surface area contributed by atoms with Crippen molar-refractivity contribution in [3.8, 4) is 11.5 Å². The Hall–Kier alpha value is -3.29. The maximum absolute atomic E-state index is 12.8. The number of pyridine rings is 1. The number of hydrogen-bond acceptors (Lipinski definition) is 6. The summed E-state index contributed by atoms with van der Waals surface area (Å²) in [6, 6.07) is 3.42. The van der Waals surface area contributed by atoms with Gasteiger partial charge in [0.15, 0.2) is 0 Å². The Morgan fingerprint density at radius 2 is 1.53 bits per heavy atom. The number of amides is 1. The summed E-state index contributed by atoms with van der Waals surface area (Å²) in [6.07, 6.45) is 0.769. The zero-order chi connectivity index (χ0) is 24.6. The number of benzene rings is 1. The largest absolute Gasteiger partial charge is 0.507 e. The first-order valence-corrected chi connectivity index (χ1v) is 10.3. The van der Waals surface area contributed by atoms with Crippen molar-refractivity contribution in [1.29, 1.82) is 0 Å². The first-order valence-electron chi connectivity index (χ1n) is 10.3. The molecule has 0 radical (unpaired) electrons. The average molecular weight is 445 g/mol. The van der Waals surface area contributed by atoms with Crippen molar-refractivity contribution in [2.75, 3.05) is 7.11 Å². The number of methoxy groups -OCH3 is 1. The van der Waals surface area contributed by atoms with Gasteiger partial charge in [-0.15, -0.1) is 0 Å². The zero-order valence-electron chi connectivity index (χ0n) is 19.6. The van der Waals surface area contributed by atoms with Crippen LogP contribution in [0.25, 0.3) is 0 Å². The fourth-order valence-corrected chi connectivity index (χ4v) is 3.71. The van der Waals surface area contributed by atoms with Crippen LogP contribution in [0.5, 0.6) is 11.5 Å². The first-order chi connectivity index (χ1) is 14.6. The number of primary amides is 1. The third-order valence-electron chi connectivity index (χ3n) is 5.41. The van der Waals surface area contributed by atoms with E-state index in [9.17, 15) is 24.6 Å². The molecule has 0 aliphatic rings. The highest BCUT2D eigenvalue weighted by molar-refractivity contribution is 5.92. The van der Waals surface area contributed by atoms with Crippen LogP contribution in [0.3, 0.4) is 0 Å². The summed E-state index contributed by atoms with van der Waals surface area (Å²) in [7, 11) is 1.15. The van der Waals surface area contributed by atoms with E-state index >= 15 is 0 Å². The van der Waals surface area contributed by atoms with Gasteiger partial charge >= 0.3 is 5.97 Å². The normalized spacial score (nSPS) is 13.0. The minimum atomic E-state index is -0.955. The number of nitrogens with one attached hydrogen (secondary N) is 1. The summed E-state index contributed by atoms with van der Waals surface area (Å²) in [6.45, 7) is 11.6. The van der Waals surface area contributed by atoms with Crippen LogP contribution < -0.4 is 11.3 Å². The van der Waals surface area contributed by atoms with E-state index < -0.39 is 39.9 Å². The van der Waals surface area contributed by atoms with Crippen LogP contribution >= 0.6 is 0 Å². The lowest BCUT2D eigenvalue weighted by Crippen LogP contribution is -2.25. The van der Waals surface area contributed by atoms with Gasteiger partial charge in [-0.05, 0) is 27.5 Å². The van der Waals surface area contributed by atoms with Gasteiger partial charge in [0, 0.05) is 18.5 Å². The number of hydrogen-bond donors (Lipinski definition) is 4. The van der Waals surface area contributed by atoms with Gasteiger partial charge in [0.05, 0.1) is 12.7 Å². The third kappa shape index (κ3) is 4.95. The average Bonchev–Trinajstić information content (AvgIpc) is 2.64. The molecule has 0 saturated carbocycles. The lowest BCUT2D eigenvalue weighted by Gasteiger charge is -2.30. The number of aromatic hydroxyl groups is 2. The predicted molar refractivity (Wildman–Crippen MR) is 121 cm³/mol. The smallest absolute Gasteiger partial charge is 0.343 e. The quantitative estimate of drug-likeness (QED) is 0.522. The maximum Gasteiger partial charge on any atom is 0.343 e. The molecule has 0 fully saturated rings. The molecule has 32 heavy (non-hydrogen) atoms. The second kappa shape index (κ2) is 8.68. The lowest BCUT2D eigenvalue weighted by molar-refractivity contribution is -0.118. The molecule has 2 rings (SSSR count). The molecule has 0 aliphatic heterocycles. The summed E-state index contributed by atoms with van der Waals surface area (Å²) in [4.78, 5) is 39.2. The molecule has 0 aliphatic carbocycles. The Morgan fingerprint density at radius 3 is 1.94 bits per heavy atom. The third-order valence-corrected chi connectivity index (χ3v) is 5.41. The number of H-pyrrole nitrogens is 1. The molecule has 0 unspecified atom stereocenters. The number of phenolic OH excluding ortho intramolecular Hbond substituents is 1. The Bertz CT molecular complexity index is 1070. The van der Waals surface area contributed by atoms with Crippen molar-refractivity contribution in [2.24, 2.45) is 5.73 Å². The first kappa shape index (κ1) is 25.0. The van der Waals surface area contributed by atoms with Gasteiger partial charge in [-0.1, -0.05) is 53.7 Å². The van der Waals surface area contributed by atoms with Gasteiger partial charge < -0.3 is 25.7 Å². The van der Waals surface area contributed by atoms with Gasteiger partial charge in [-0.3, -0.25) is 9.59 Å². The molecule has 174 valence electrons. The molecule has 5 N–H and O–H groups in total. The Labute approximate surface area is 187 Å². The van der Waals surface area contributed by atoms with E-state index in [4.69, 9.17) is 5.73 Å². The summed E-state index contributed by atoms with van der Waals surface area (Å²) in [5.41, 5.74) is 5.27. The Morgan fingerprint density at radius 1 is 1.03 bits per heavy atom.